The Hall–Kier alpha value is -1.35. The van der Waals surface area contributed by atoms with E-state index in [1.54, 1.807) is 4.68 Å². The first kappa shape index (κ1) is 10.2. The summed E-state index contributed by atoms with van der Waals surface area (Å²) < 4.78 is 14.7. The molecule has 1 radical (unpaired) electrons. The second-order valence-electron chi connectivity index (χ2n) is 3.31. The number of hydrogen-bond donors (Lipinski definition) is 0. The predicted octanol–water partition coefficient (Wildman–Crippen LogP) is 2.99. The molecule has 0 unspecified atom stereocenters. The van der Waals surface area contributed by atoms with Crippen LogP contribution in [-0.2, 0) is 7.05 Å². The second-order valence-corrected chi connectivity index (χ2v) is 3.71. The van der Waals surface area contributed by atoms with Crippen LogP contribution in [0.5, 0.6) is 0 Å². The fraction of sp³-hybridized carbons (Fsp3) is 0.182. The molecule has 77 valence electrons. The fourth-order valence-electron chi connectivity index (χ4n) is 1.30. The second kappa shape index (κ2) is 3.66. The zero-order chi connectivity index (χ0) is 11.0. The molecule has 1 heterocycles. The first-order chi connectivity index (χ1) is 7.08. The summed E-state index contributed by atoms with van der Waals surface area (Å²) in [7, 11) is 1.81. The maximum Gasteiger partial charge on any atom is 0.123 e. The molecule has 15 heavy (non-hydrogen) atoms. The van der Waals surface area contributed by atoms with E-state index in [0.717, 1.165) is 5.69 Å². The van der Waals surface area contributed by atoms with Crippen LogP contribution in [0.4, 0.5) is 4.39 Å². The van der Waals surface area contributed by atoms with Crippen LogP contribution in [-0.4, -0.2) is 9.78 Å². The summed E-state index contributed by atoms with van der Waals surface area (Å²) in [6.45, 7) is 1.88. The first-order valence-corrected chi connectivity index (χ1v) is 4.84. The lowest BCUT2D eigenvalue weighted by Crippen LogP contribution is -1.92. The molecule has 0 saturated heterocycles. The first-order valence-electron chi connectivity index (χ1n) is 4.46. The van der Waals surface area contributed by atoms with E-state index in [9.17, 15) is 4.39 Å². The minimum absolute atomic E-state index is 0.328. The molecule has 0 fully saturated rings. The van der Waals surface area contributed by atoms with Crippen LogP contribution in [0.2, 0.25) is 5.02 Å². The van der Waals surface area contributed by atoms with Crippen molar-refractivity contribution < 1.29 is 4.39 Å². The third-order valence-electron chi connectivity index (χ3n) is 2.22. The SMILES string of the molecule is Cc1[c]c(-c2cc(F)ccc2Cl)nn1C. The van der Waals surface area contributed by atoms with Crippen LogP contribution in [0.25, 0.3) is 11.3 Å². The summed E-state index contributed by atoms with van der Waals surface area (Å²) in [6, 6.07) is 7.23. The largest absolute Gasteiger partial charge is 0.272 e. The zero-order valence-electron chi connectivity index (χ0n) is 8.38. The number of halogens is 2. The van der Waals surface area contributed by atoms with E-state index < -0.39 is 0 Å². The minimum Gasteiger partial charge on any atom is -0.272 e. The Morgan fingerprint density at radius 1 is 1.47 bits per heavy atom. The molecule has 0 amide bonds. The van der Waals surface area contributed by atoms with Crippen LogP contribution >= 0.6 is 11.6 Å². The van der Waals surface area contributed by atoms with Crippen molar-refractivity contribution in [3.63, 3.8) is 0 Å². The molecule has 1 aromatic heterocycles. The molecule has 4 heteroatoms. The van der Waals surface area contributed by atoms with Crippen molar-refractivity contribution in [1.29, 1.82) is 0 Å². The van der Waals surface area contributed by atoms with Gasteiger partial charge in [-0.2, -0.15) is 5.10 Å². The molecule has 0 aliphatic carbocycles. The van der Waals surface area contributed by atoms with Crippen molar-refractivity contribution in [1.82, 2.24) is 9.78 Å². The lowest BCUT2D eigenvalue weighted by Gasteiger charge is -1.99. The number of aromatic nitrogens is 2. The lowest BCUT2D eigenvalue weighted by atomic mass is 10.1. The van der Waals surface area contributed by atoms with Crippen LogP contribution in [0, 0.1) is 18.8 Å². The van der Waals surface area contributed by atoms with E-state index in [1.807, 2.05) is 14.0 Å². The maximum atomic E-state index is 13.0. The van der Waals surface area contributed by atoms with Gasteiger partial charge in [-0.25, -0.2) is 4.39 Å². The monoisotopic (exact) mass is 223 g/mol. The molecule has 0 aliphatic heterocycles. The highest BCUT2D eigenvalue weighted by atomic mass is 35.5. The van der Waals surface area contributed by atoms with Crippen molar-refractivity contribution in [2.75, 3.05) is 0 Å². The molecular weight excluding hydrogens is 215 g/mol. The Labute approximate surface area is 92.3 Å². The van der Waals surface area contributed by atoms with Gasteiger partial charge in [-0.3, -0.25) is 4.68 Å². The summed E-state index contributed by atoms with van der Waals surface area (Å²) in [5, 5.41) is 4.67. The Bertz CT molecular complexity index is 486. The number of aryl methyl sites for hydroxylation is 2. The number of benzene rings is 1. The van der Waals surface area contributed by atoms with Gasteiger partial charge in [-0.1, -0.05) is 11.6 Å². The van der Waals surface area contributed by atoms with Crippen LogP contribution < -0.4 is 0 Å². The van der Waals surface area contributed by atoms with Gasteiger partial charge in [0.25, 0.3) is 0 Å². The molecule has 0 spiro atoms. The quantitative estimate of drug-likeness (QED) is 0.727. The van der Waals surface area contributed by atoms with Crippen molar-refractivity contribution in [3.8, 4) is 11.3 Å². The molecule has 2 nitrogen and oxygen atoms in total. The van der Waals surface area contributed by atoms with E-state index in [4.69, 9.17) is 11.6 Å². The highest BCUT2D eigenvalue weighted by molar-refractivity contribution is 6.33. The Kier molecular flexibility index (Phi) is 2.49. The fourth-order valence-corrected chi connectivity index (χ4v) is 1.51. The lowest BCUT2D eigenvalue weighted by molar-refractivity contribution is 0.628. The number of hydrogen-bond acceptors (Lipinski definition) is 1. The predicted molar refractivity (Wildman–Crippen MR) is 57.2 cm³/mol. The highest BCUT2D eigenvalue weighted by Gasteiger charge is 2.09. The molecule has 0 aliphatic rings. The average Bonchev–Trinajstić information content (AvgIpc) is 2.51. The van der Waals surface area contributed by atoms with Crippen molar-refractivity contribution in [3.05, 3.63) is 40.8 Å². The smallest absolute Gasteiger partial charge is 0.123 e. The maximum absolute atomic E-state index is 13.0. The summed E-state index contributed by atoms with van der Waals surface area (Å²) in [6.07, 6.45) is 0. The van der Waals surface area contributed by atoms with Gasteiger partial charge >= 0.3 is 0 Å². The van der Waals surface area contributed by atoms with Gasteiger partial charge in [0.1, 0.15) is 11.5 Å². The molecular formula is C11H9ClFN2. The molecule has 0 atom stereocenters. The van der Waals surface area contributed by atoms with Gasteiger partial charge in [0.2, 0.25) is 0 Å². The van der Waals surface area contributed by atoms with Gasteiger partial charge in [-0.15, -0.1) is 0 Å². The molecule has 2 rings (SSSR count). The topological polar surface area (TPSA) is 17.8 Å². The normalized spacial score (nSPS) is 10.7. The van der Waals surface area contributed by atoms with Gasteiger partial charge < -0.3 is 0 Å². The third kappa shape index (κ3) is 1.88. The van der Waals surface area contributed by atoms with E-state index in [0.29, 0.717) is 16.3 Å². The van der Waals surface area contributed by atoms with Crippen LogP contribution in [0.1, 0.15) is 5.69 Å². The van der Waals surface area contributed by atoms with E-state index >= 15 is 0 Å². The molecule has 2 aromatic rings. The standard InChI is InChI=1S/C11H9ClFN2/c1-7-5-11(14-15(7)2)9-6-8(13)3-4-10(9)12/h3-4,6H,1-2H3. The van der Waals surface area contributed by atoms with Crippen molar-refractivity contribution in [2.45, 2.75) is 6.92 Å². The van der Waals surface area contributed by atoms with Gasteiger partial charge in [-0.05, 0) is 25.1 Å². The Balaban J connectivity index is 2.58. The van der Waals surface area contributed by atoms with E-state index in [2.05, 4.69) is 11.2 Å². The molecule has 0 bridgehead atoms. The van der Waals surface area contributed by atoms with E-state index in [1.165, 1.54) is 18.2 Å². The Morgan fingerprint density at radius 3 is 2.80 bits per heavy atom. The van der Waals surface area contributed by atoms with Crippen molar-refractivity contribution >= 4 is 11.6 Å². The van der Waals surface area contributed by atoms with E-state index in [-0.39, 0.29) is 5.82 Å². The molecule has 1 aromatic carbocycles. The van der Waals surface area contributed by atoms with Gasteiger partial charge in [0, 0.05) is 24.4 Å². The van der Waals surface area contributed by atoms with Crippen molar-refractivity contribution in [2.24, 2.45) is 7.05 Å². The molecule has 0 N–H and O–H groups in total. The summed E-state index contributed by atoms with van der Waals surface area (Å²) in [4.78, 5) is 0. The summed E-state index contributed by atoms with van der Waals surface area (Å²) in [5.74, 6) is -0.328. The third-order valence-corrected chi connectivity index (χ3v) is 2.55. The summed E-state index contributed by atoms with van der Waals surface area (Å²) in [5.41, 5.74) is 2.02. The van der Waals surface area contributed by atoms with Crippen LogP contribution in [0.3, 0.4) is 0 Å². The number of rotatable bonds is 1. The number of nitrogens with zero attached hydrogens (tertiary/aromatic N) is 2. The average molecular weight is 224 g/mol. The Morgan fingerprint density at radius 2 is 2.20 bits per heavy atom. The highest BCUT2D eigenvalue weighted by Crippen LogP contribution is 2.27. The van der Waals surface area contributed by atoms with Gasteiger partial charge in [0.05, 0.1) is 5.02 Å². The summed E-state index contributed by atoms with van der Waals surface area (Å²) >= 11 is 5.96. The van der Waals surface area contributed by atoms with Crippen LogP contribution in [0.15, 0.2) is 18.2 Å². The zero-order valence-corrected chi connectivity index (χ0v) is 9.14. The molecule has 0 saturated carbocycles. The van der Waals surface area contributed by atoms with Gasteiger partial charge in [0.15, 0.2) is 0 Å². The minimum atomic E-state index is -0.328.